The van der Waals surface area contributed by atoms with Crippen molar-refractivity contribution in [3.8, 4) is 0 Å². The van der Waals surface area contributed by atoms with Gasteiger partial charge in [0.15, 0.2) is 0 Å². The fourth-order valence-electron chi connectivity index (χ4n) is 1.22. The molecule has 0 radical (unpaired) electrons. The SMILES string of the molecule is C=C(CNC(=O)OCc1ccccc1)NCC(=O)O. The first kappa shape index (κ1) is 14.6. The van der Waals surface area contributed by atoms with Crippen LogP contribution in [0.4, 0.5) is 4.79 Å². The Morgan fingerprint density at radius 2 is 1.84 bits per heavy atom. The van der Waals surface area contributed by atoms with E-state index in [9.17, 15) is 9.59 Å². The molecule has 0 aliphatic heterocycles. The topological polar surface area (TPSA) is 87.7 Å². The number of nitrogens with one attached hydrogen (secondary N) is 2. The van der Waals surface area contributed by atoms with E-state index in [2.05, 4.69) is 17.2 Å². The number of carboxylic acids is 1. The lowest BCUT2D eigenvalue weighted by atomic mass is 10.2. The molecule has 6 nitrogen and oxygen atoms in total. The van der Waals surface area contributed by atoms with Crippen LogP contribution >= 0.6 is 0 Å². The fourth-order valence-corrected chi connectivity index (χ4v) is 1.22. The number of carbonyl (C=O) groups excluding carboxylic acids is 1. The van der Waals surface area contributed by atoms with Crippen LogP contribution in [-0.2, 0) is 16.1 Å². The van der Waals surface area contributed by atoms with Crippen LogP contribution in [0.15, 0.2) is 42.6 Å². The monoisotopic (exact) mass is 264 g/mol. The van der Waals surface area contributed by atoms with Crippen molar-refractivity contribution in [2.45, 2.75) is 6.61 Å². The molecule has 0 unspecified atom stereocenters. The van der Waals surface area contributed by atoms with Crippen LogP contribution in [0.2, 0.25) is 0 Å². The molecule has 102 valence electrons. The van der Waals surface area contributed by atoms with E-state index in [4.69, 9.17) is 9.84 Å². The molecule has 0 atom stereocenters. The van der Waals surface area contributed by atoms with Crippen molar-refractivity contribution in [3.63, 3.8) is 0 Å². The standard InChI is InChI=1S/C13H16N2O4/c1-10(14-8-12(16)17)7-15-13(18)19-9-11-5-3-2-4-6-11/h2-6,14H,1,7-9H2,(H,15,18)(H,16,17). The first-order chi connectivity index (χ1) is 9.08. The largest absolute Gasteiger partial charge is 0.480 e. The Bertz CT molecular complexity index is 445. The fraction of sp³-hybridized carbons (Fsp3) is 0.231. The lowest BCUT2D eigenvalue weighted by Gasteiger charge is -2.09. The van der Waals surface area contributed by atoms with E-state index < -0.39 is 12.1 Å². The molecule has 0 heterocycles. The quantitative estimate of drug-likeness (QED) is 0.686. The Kier molecular flexibility index (Phi) is 5.94. The predicted molar refractivity (Wildman–Crippen MR) is 69.4 cm³/mol. The second kappa shape index (κ2) is 7.75. The zero-order chi connectivity index (χ0) is 14.1. The number of amides is 1. The van der Waals surface area contributed by atoms with Crippen molar-refractivity contribution >= 4 is 12.1 Å². The van der Waals surface area contributed by atoms with Gasteiger partial charge in [0, 0.05) is 5.70 Å². The summed E-state index contributed by atoms with van der Waals surface area (Å²) in [5, 5.41) is 13.4. The van der Waals surface area contributed by atoms with Crippen LogP contribution in [0.3, 0.4) is 0 Å². The van der Waals surface area contributed by atoms with E-state index in [1.165, 1.54) is 0 Å². The highest BCUT2D eigenvalue weighted by atomic mass is 16.5. The molecule has 19 heavy (non-hydrogen) atoms. The van der Waals surface area contributed by atoms with Gasteiger partial charge in [0.1, 0.15) is 13.2 Å². The third-order valence-electron chi connectivity index (χ3n) is 2.15. The molecule has 0 aliphatic rings. The second-order valence-electron chi connectivity index (χ2n) is 3.77. The van der Waals surface area contributed by atoms with E-state index >= 15 is 0 Å². The Balaban J connectivity index is 2.17. The number of benzene rings is 1. The highest BCUT2D eigenvalue weighted by Gasteiger charge is 2.03. The van der Waals surface area contributed by atoms with Crippen molar-refractivity contribution in [1.29, 1.82) is 0 Å². The summed E-state index contributed by atoms with van der Waals surface area (Å²) in [6, 6.07) is 9.28. The average Bonchev–Trinajstić information content (AvgIpc) is 2.41. The summed E-state index contributed by atoms with van der Waals surface area (Å²) in [6.07, 6.45) is -0.581. The molecule has 0 bridgehead atoms. The number of hydrogen-bond donors (Lipinski definition) is 3. The second-order valence-corrected chi connectivity index (χ2v) is 3.77. The lowest BCUT2D eigenvalue weighted by Crippen LogP contribution is -2.32. The highest BCUT2D eigenvalue weighted by Crippen LogP contribution is 2.00. The summed E-state index contributed by atoms with van der Waals surface area (Å²) < 4.78 is 4.97. The molecule has 0 fully saturated rings. The number of ether oxygens (including phenoxy) is 1. The van der Waals surface area contributed by atoms with Crippen LogP contribution in [0.25, 0.3) is 0 Å². The van der Waals surface area contributed by atoms with Crippen molar-refractivity contribution in [2.75, 3.05) is 13.1 Å². The molecule has 1 rings (SSSR count). The van der Waals surface area contributed by atoms with Crippen LogP contribution in [0, 0.1) is 0 Å². The molecule has 1 aromatic carbocycles. The smallest absolute Gasteiger partial charge is 0.407 e. The number of rotatable bonds is 7. The maximum absolute atomic E-state index is 11.3. The zero-order valence-corrected chi connectivity index (χ0v) is 10.4. The van der Waals surface area contributed by atoms with Gasteiger partial charge in [0.2, 0.25) is 0 Å². The lowest BCUT2D eigenvalue weighted by molar-refractivity contribution is -0.135. The normalized spacial score (nSPS) is 9.47. The van der Waals surface area contributed by atoms with Gasteiger partial charge in [-0.2, -0.15) is 0 Å². The Morgan fingerprint density at radius 1 is 1.16 bits per heavy atom. The summed E-state index contributed by atoms with van der Waals surface area (Å²) in [4.78, 5) is 21.6. The molecule has 3 N–H and O–H groups in total. The van der Waals surface area contributed by atoms with Crippen molar-refractivity contribution in [2.24, 2.45) is 0 Å². The number of aliphatic carboxylic acids is 1. The van der Waals surface area contributed by atoms with Crippen LogP contribution < -0.4 is 10.6 Å². The molecule has 1 aromatic rings. The molecule has 0 saturated carbocycles. The molecular formula is C13H16N2O4. The van der Waals surface area contributed by atoms with E-state index in [0.717, 1.165) is 5.56 Å². The molecule has 6 heteroatoms. The van der Waals surface area contributed by atoms with Crippen LogP contribution in [-0.4, -0.2) is 30.3 Å². The average molecular weight is 264 g/mol. The minimum absolute atomic E-state index is 0.112. The van der Waals surface area contributed by atoms with Gasteiger partial charge < -0.3 is 20.5 Å². The van der Waals surface area contributed by atoms with Crippen LogP contribution in [0.5, 0.6) is 0 Å². The van der Waals surface area contributed by atoms with Gasteiger partial charge in [0.25, 0.3) is 0 Å². The Hall–Kier alpha value is -2.50. The highest BCUT2D eigenvalue weighted by molar-refractivity contribution is 5.69. The Morgan fingerprint density at radius 3 is 2.47 bits per heavy atom. The van der Waals surface area contributed by atoms with Crippen LogP contribution in [0.1, 0.15) is 5.56 Å². The van der Waals surface area contributed by atoms with Crippen molar-refractivity contribution in [3.05, 3.63) is 48.2 Å². The summed E-state index contributed by atoms with van der Waals surface area (Å²) in [6.45, 7) is 3.63. The summed E-state index contributed by atoms with van der Waals surface area (Å²) in [5.74, 6) is -0.993. The summed E-state index contributed by atoms with van der Waals surface area (Å²) in [7, 11) is 0. The van der Waals surface area contributed by atoms with Crippen molar-refractivity contribution < 1.29 is 19.4 Å². The minimum Gasteiger partial charge on any atom is -0.480 e. The molecule has 0 aromatic heterocycles. The first-order valence-electron chi connectivity index (χ1n) is 5.66. The number of alkyl carbamates (subject to hydrolysis) is 1. The molecule has 0 aliphatic carbocycles. The van der Waals surface area contributed by atoms with E-state index in [0.29, 0.717) is 5.70 Å². The molecular weight excluding hydrogens is 248 g/mol. The van der Waals surface area contributed by atoms with Gasteiger partial charge in [-0.25, -0.2) is 4.79 Å². The van der Waals surface area contributed by atoms with E-state index in [1.54, 1.807) is 0 Å². The Labute approximate surface area is 111 Å². The third-order valence-corrected chi connectivity index (χ3v) is 2.15. The van der Waals surface area contributed by atoms with E-state index in [1.807, 2.05) is 30.3 Å². The van der Waals surface area contributed by atoms with Crippen molar-refractivity contribution in [1.82, 2.24) is 10.6 Å². The minimum atomic E-state index is -0.993. The van der Waals surface area contributed by atoms with E-state index in [-0.39, 0.29) is 19.7 Å². The molecule has 0 spiro atoms. The van der Waals surface area contributed by atoms with Gasteiger partial charge in [-0.3, -0.25) is 4.79 Å². The summed E-state index contributed by atoms with van der Waals surface area (Å²) in [5.41, 5.74) is 1.29. The first-order valence-corrected chi connectivity index (χ1v) is 5.66. The molecule has 0 saturated heterocycles. The van der Waals surface area contributed by atoms with Gasteiger partial charge in [-0.15, -0.1) is 0 Å². The maximum Gasteiger partial charge on any atom is 0.407 e. The number of hydrogen-bond acceptors (Lipinski definition) is 4. The zero-order valence-electron chi connectivity index (χ0n) is 10.4. The number of carboxylic acid groups (broad SMARTS) is 1. The van der Waals surface area contributed by atoms with Gasteiger partial charge >= 0.3 is 12.1 Å². The molecule has 1 amide bonds. The van der Waals surface area contributed by atoms with Gasteiger partial charge in [-0.05, 0) is 5.56 Å². The van der Waals surface area contributed by atoms with Gasteiger partial charge in [-0.1, -0.05) is 36.9 Å². The third kappa shape index (κ3) is 6.72. The summed E-state index contributed by atoms with van der Waals surface area (Å²) >= 11 is 0. The predicted octanol–water partition coefficient (Wildman–Crippen LogP) is 1.10. The van der Waals surface area contributed by atoms with Gasteiger partial charge in [0.05, 0.1) is 6.54 Å². The number of carbonyl (C=O) groups is 2. The maximum atomic E-state index is 11.3.